The maximum atomic E-state index is 4.81. The van der Waals surface area contributed by atoms with Crippen LogP contribution in [0.25, 0.3) is 0 Å². The van der Waals surface area contributed by atoms with Crippen LogP contribution in [-0.2, 0) is 19.4 Å². The van der Waals surface area contributed by atoms with Gasteiger partial charge in [-0.1, -0.05) is 19.4 Å². The molecule has 2 heterocycles. The van der Waals surface area contributed by atoms with E-state index in [-0.39, 0.29) is 0 Å². The van der Waals surface area contributed by atoms with Gasteiger partial charge in [0.1, 0.15) is 0 Å². The zero-order chi connectivity index (χ0) is 15.1. The molecule has 114 valence electrons. The minimum atomic E-state index is 0.904. The number of nitrogens with zero attached hydrogens (tertiary/aromatic N) is 3. The largest absolute Gasteiger partial charge is 0.351 e. The van der Waals surface area contributed by atoms with Crippen molar-refractivity contribution in [2.24, 2.45) is 0 Å². The monoisotopic (exact) mass is 304 g/mol. The molecule has 5 heteroatoms. The fraction of sp³-hybridized carbons (Fsp3) is 0.500. The average Bonchev–Trinajstić information content (AvgIpc) is 2.90. The summed E-state index contributed by atoms with van der Waals surface area (Å²) in [5.41, 5.74) is 2.38. The highest BCUT2D eigenvalue weighted by Crippen LogP contribution is 2.26. The van der Waals surface area contributed by atoms with Crippen molar-refractivity contribution in [3.05, 3.63) is 40.7 Å². The van der Waals surface area contributed by atoms with E-state index in [0.717, 1.165) is 43.2 Å². The van der Waals surface area contributed by atoms with E-state index in [4.69, 9.17) is 4.98 Å². The van der Waals surface area contributed by atoms with E-state index < -0.39 is 0 Å². The lowest BCUT2D eigenvalue weighted by Crippen LogP contribution is -2.20. The molecule has 2 aromatic heterocycles. The summed E-state index contributed by atoms with van der Waals surface area (Å²) in [6, 6.07) is 6.07. The lowest BCUT2D eigenvalue weighted by atomic mass is 10.2. The lowest BCUT2D eigenvalue weighted by Gasteiger charge is -2.15. The van der Waals surface area contributed by atoms with Gasteiger partial charge in [-0.15, -0.1) is 11.3 Å². The third kappa shape index (κ3) is 4.51. The zero-order valence-corrected chi connectivity index (χ0v) is 13.9. The number of rotatable bonds is 8. The Morgan fingerprint density at radius 2 is 2.14 bits per heavy atom. The van der Waals surface area contributed by atoms with Crippen molar-refractivity contribution in [1.29, 1.82) is 0 Å². The molecular weight excluding hydrogens is 280 g/mol. The summed E-state index contributed by atoms with van der Waals surface area (Å²) in [7, 11) is 4.10. The Balaban J connectivity index is 2.01. The van der Waals surface area contributed by atoms with Crippen molar-refractivity contribution in [1.82, 2.24) is 15.3 Å². The van der Waals surface area contributed by atoms with E-state index in [0.29, 0.717) is 0 Å². The van der Waals surface area contributed by atoms with Crippen LogP contribution in [0, 0.1) is 0 Å². The molecule has 0 aliphatic heterocycles. The molecule has 0 bridgehead atoms. The molecule has 0 unspecified atom stereocenters. The van der Waals surface area contributed by atoms with Gasteiger partial charge in [0.15, 0.2) is 5.13 Å². The topological polar surface area (TPSA) is 41.1 Å². The predicted octanol–water partition coefficient (Wildman–Crippen LogP) is 2.89. The SMILES string of the molecule is CCCc1nc(N(C)CCc2ccccn2)sc1CNC. The van der Waals surface area contributed by atoms with Gasteiger partial charge in [-0.2, -0.15) is 0 Å². The maximum Gasteiger partial charge on any atom is 0.185 e. The Labute approximate surface area is 131 Å². The van der Waals surface area contributed by atoms with E-state index in [9.17, 15) is 0 Å². The van der Waals surface area contributed by atoms with Crippen LogP contribution >= 0.6 is 11.3 Å². The minimum Gasteiger partial charge on any atom is -0.351 e. The lowest BCUT2D eigenvalue weighted by molar-refractivity contribution is 0.794. The van der Waals surface area contributed by atoms with E-state index in [1.165, 1.54) is 10.6 Å². The summed E-state index contributed by atoms with van der Waals surface area (Å²) in [6.45, 7) is 4.04. The molecule has 0 amide bonds. The predicted molar refractivity (Wildman–Crippen MR) is 90.1 cm³/mol. The summed E-state index contributed by atoms with van der Waals surface area (Å²) in [5.74, 6) is 0. The summed E-state index contributed by atoms with van der Waals surface area (Å²) in [5, 5.41) is 4.35. The van der Waals surface area contributed by atoms with Crippen molar-refractivity contribution in [2.45, 2.75) is 32.7 Å². The molecule has 2 rings (SSSR count). The molecule has 0 radical (unpaired) electrons. The first-order valence-corrected chi connectivity index (χ1v) is 8.30. The molecule has 0 saturated carbocycles. The van der Waals surface area contributed by atoms with Gasteiger partial charge in [0.2, 0.25) is 0 Å². The van der Waals surface area contributed by atoms with Gasteiger partial charge in [0.25, 0.3) is 0 Å². The maximum absolute atomic E-state index is 4.81. The second kappa shape index (κ2) is 8.10. The van der Waals surface area contributed by atoms with Gasteiger partial charge in [0.05, 0.1) is 5.69 Å². The first-order valence-electron chi connectivity index (χ1n) is 7.48. The molecule has 0 aliphatic carbocycles. The van der Waals surface area contributed by atoms with Gasteiger partial charge in [0, 0.05) is 43.3 Å². The number of aryl methyl sites for hydroxylation is 1. The first-order chi connectivity index (χ1) is 10.2. The third-order valence-corrected chi connectivity index (χ3v) is 4.56. The summed E-state index contributed by atoms with van der Waals surface area (Å²) < 4.78 is 0. The van der Waals surface area contributed by atoms with Gasteiger partial charge in [-0.25, -0.2) is 4.98 Å². The molecule has 0 fully saturated rings. The number of hydrogen-bond acceptors (Lipinski definition) is 5. The Kier molecular flexibility index (Phi) is 6.14. The van der Waals surface area contributed by atoms with E-state index in [2.05, 4.69) is 35.2 Å². The molecule has 0 saturated heterocycles. The van der Waals surface area contributed by atoms with Crippen LogP contribution in [0.5, 0.6) is 0 Å². The Bertz CT molecular complexity index is 515. The van der Waals surface area contributed by atoms with Crippen molar-refractivity contribution in [2.75, 3.05) is 25.5 Å². The molecule has 2 aromatic rings. The molecule has 0 aromatic carbocycles. The number of pyridine rings is 1. The molecule has 21 heavy (non-hydrogen) atoms. The van der Waals surface area contributed by atoms with Crippen molar-refractivity contribution >= 4 is 16.5 Å². The van der Waals surface area contributed by atoms with Crippen LogP contribution in [0.2, 0.25) is 0 Å². The van der Waals surface area contributed by atoms with E-state index in [1.54, 1.807) is 11.3 Å². The Morgan fingerprint density at radius 1 is 1.29 bits per heavy atom. The summed E-state index contributed by atoms with van der Waals surface area (Å²) in [6.07, 6.45) is 4.99. The Morgan fingerprint density at radius 3 is 2.81 bits per heavy atom. The molecule has 4 nitrogen and oxygen atoms in total. The van der Waals surface area contributed by atoms with Gasteiger partial charge in [-0.05, 0) is 25.6 Å². The molecule has 0 atom stereocenters. The van der Waals surface area contributed by atoms with Crippen LogP contribution in [0.15, 0.2) is 24.4 Å². The smallest absolute Gasteiger partial charge is 0.185 e. The van der Waals surface area contributed by atoms with E-state index >= 15 is 0 Å². The number of hydrogen-bond donors (Lipinski definition) is 1. The molecule has 0 spiro atoms. The highest BCUT2D eigenvalue weighted by molar-refractivity contribution is 7.15. The standard InChI is InChI=1S/C16H24N4S/c1-4-7-14-15(12-17-2)21-16(19-14)20(3)11-9-13-8-5-6-10-18-13/h5-6,8,10,17H,4,7,9,11-12H2,1-3H3. The number of likely N-dealkylation sites (N-methyl/N-ethyl adjacent to an activating group) is 1. The average molecular weight is 304 g/mol. The molecule has 1 N–H and O–H groups in total. The highest BCUT2D eigenvalue weighted by Gasteiger charge is 2.13. The van der Waals surface area contributed by atoms with Gasteiger partial charge >= 0.3 is 0 Å². The highest BCUT2D eigenvalue weighted by atomic mass is 32.1. The number of nitrogens with one attached hydrogen (secondary N) is 1. The van der Waals surface area contributed by atoms with Crippen LogP contribution < -0.4 is 10.2 Å². The quantitative estimate of drug-likeness (QED) is 0.814. The van der Waals surface area contributed by atoms with Gasteiger partial charge < -0.3 is 10.2 Å². The first kappa shape index (κ1) is 15.9. The molecular formula is C16H24N4S. The van der Waals surface area contributed by atoms with Crippen LogP contribution in [-0.4, -0.2) is 30.6 Å². The van der Waals surface area contributed by atoms with Gasteiger partial charge in [-0.3, -0.25) is 4.98 Å². The second-order valence-electron chi connectivity index (χ2n) is 5.14. The second-order valence-corrected chi connectivity index (χ2v) is 6.20. The molecule has 0 aliphatic rings. The van der Waals surface area contributed by atoms with Crippen LogP contribution in [0.4, 0.5) is 5.13 Å². The number of aromatic nitrogens is 2. The number of thiazole rings is 1. The van der Waals surface area contributed by atoms with Crippen LogP contribution in [0.3, 0.4) is 0 Å². The minimum absolute atomic E-state index is 0.904. The van der Waals surface area contributed by atoms with Crippen molar-refractivity contribution in [3.63, 3.8) is 0 Å². The van der Waals surface area contributed by atoms with Crippen molar-refractivity contribution < 1.29 is 0 Å². The van der Waals surface area contributed by atoms with Crippen molar-refractivity contribution in [3.8, 4) is 0 Å². The fourth-order valence-corrected chi connectivity index (χ4v) is 3.29. The summed E-state index contributed by atoms with van der Waals surface area (Å²) >= 11 is 1.80. The normalized spacial score (nSPS) is 10.8. The number of anilines is 1. The summed E-state index contributed by atoms with van der Waals surface area (Å²) in [4.78, 5) is 12.8. The Hall–Kier alpha value is -1.46. The third-order valence-electron chi connectivity index (χ3n) is 3.35. The van der Waals surface area contributed by atoms with Crippen LogP contribution in [0.1, 0.15) is 29.6 Å². The fourth-order valence-electron chi connectivity index (χ4n) is 2.19. The van der Waals surface area contributed by atoms with E-state index in [1.807, 2.05) is 25.4 Å². The zero-order valence-electron chi connectivity index (χ0n) is 13.1.